The fourth-order valence-corrected chi connectivity index (χ4v) is 1.24. The van der Waals surface area contributed by atoms with E-state index in [1.165, 1.54) is 12.8 Å². The number of ether oxygens (including phenoxy) is 2. The first-order chi connectivity index (χ1) is 4.36. The van der Waals surface area contributed by atoms with E-state index in [4.69, 9.17) is 9.47 Å². The van der Waals surface area contributed by atoms with Gasteiger partial charge in [0.1, 0.15) is 0 Å². The van der Waals surface area contributed by atoms with Crippen molar-refractivity contribution in [2.24, 2.45) is 5.92 Å². The Balaban J connectivity index is 1.98. The van der Waals surface area contributed by atoms with Gasteiger partial charge in [0, 0.05) is 20.8 Å². The molecule has 1 fully saturated rings. The smallest absolute Gasteiger partial charge is 0.0578 e. The van der Waals surface area contributed by atoms with Crippen molar-refractivity contribution in [2.45, 2.75) is 18.9 Å². The Morgan fingerprint density at radius 2 is 2.00 bits per heavy atom. The van der Waals surface area contributed by atoms with Gasteiger partial charge in [0.15, 0.2) is 0 Å². The number of hydrogen-bond donors (Lipinski definition) is 0. The summed E-state index contributed by atoms with van der Waals surface area (Å²) in [7, 11) is 3.52. The molecular weight excluding hydrogens is 116 g/mol. The van der Waals surface area contributed by atoms with E-state index in [0.717, 1.165) is 12.5 Å². The molecule has 1 aliphatic carbocycles. The van der Waals surface area contributed by atoms with E-state index >= 15 is 0 Å². The van der Waals surface area contributed by atoms with Gasteiger partial charge >= 0.3 is 0 Å². The van der Waals surface area contributed by atoms with Crippen molar-refractivity contribution in [3.8, 4) is 0 Å². The summed E-state index contributed by atoms with van der Waals surface area (Å²) in [5.74, 6) is 0.764. The maximum Gasteiger partial charge on any atom is 0.0578 e. The Bertz CT molecular complexity index is 77.0. The largest absolute Gasteiger partial charge is 0.384 e. The van der Waals surface area contributed by atoms with Crippen molar-refractivity contribution < 1.29 is 9.47 Å². The standard InChI is InChI=1S/C7H14O2/c1-8-5-6-3-7(4-6)9-2/h6-7H,3-5H2,1-2H3. The molecule has 0 spiro atoms. The van der Waals surface area contributed by atoms with Gasteiger partial charge in [-0.3, -0.25) is 0 Å². The first-order valence-corrected chi connectivity index (χ1v) is 3.38. The van der Waals surface area contributed by atoms with Gasteiger partial charge < -0.3 is 9.47 Å². The predicted octanol–water partition coefficient (Wildman–Crippen LogP) is 1.06. The summed E-state index contributed by atoms with van der Waals surface area (Å²) >= 11 is 0. The van der Waals surface area contributed by atoms with Gasteiger partial charge in [0.05, 0.1) is 6.10 Å². The van der Waals surface area contributed by atoms with Crippen molar-refractivity contribution >= 4 is 0 Å². The molecule has 1 rings (SSSR count). The minimum atomic E-state index is 0.519. The van der Waals surface area contributed by atoms with Crippen LogP contribution in [0.15, 0.2) is 0 Å². The topological polar surface area (TPSA) is 18.5 Å². The Morgan fingerprint density at radius 3 is 2.44 bits per heavy atom. The highest BCUT2D eigenvalue weighted by Crippen LogP contribution is 2.29. The van der Waals surface area contributed by atoms with Gasteiger partial charge in [-0.05, 0) is 18.8 Å². The third-order valence-corrected chi connectivity index (χ3v) is 1.93. The Morgan fingerprint density at radius 1 is 1.33 bits per heavy atom. The molecule has 0 N–H and O–H groups in total. The monoisotopic (exact) mass is 130 g/mol. The molecule has 0 unspecified atom stereocenters. The molecule has 9 heavy (non-hydrogen) atoms. The summed E-state index contributed by atoms with van der Waals surface area (Å²) in [6.45, 7) is 0.903. The zero-order valence-electron chi connectivity index (χ0n) is 6.09. The molecule has 1 aliphatic rings. The van der Waals surface area contributed by atoms with Crippen molar-refractivity contribution in [1.29, 1.82) is 0 Å². The van der Waals surface area contributed by atoms with Crippen LogP contribution in [0.25, 0.3) is 0 Å². The second kappa shape index (κ2) is 3.18. The van der Waals surface area contributed by atoms with Gasteiger partial charge in [-0.25, -0.2) is 0 Å². The Labute approximate surface area is 56.2 Å². The molecule has 0 radical (unpaired) electrons. The predicted molar refractivity (Wildman–Crippen MR) is 35.4 cm³/mol. The van der Waals surface area contributed by atoms with Crippen molar-refractivity contribution in [3.05, 3.63) is 0 Å². The fraction of sp³-hybridized carbons (Fsp3) is 1.00. The van der Waals surface area contributed by atoms with E-state index in [-0.39, 0.29) is 0 Å². The quantitative estimate of drug-likeness (QED) is 0.568. The zero-order chi connectivity index (χ0) is 6.69. The molecule has 54 valence electrons. The lowest BCUT2D eigenvalue weighted by atomic mass is 9.83. The lowest BCUT2D eigenvalue weighted by molar-refractivity contribution is -0.0258. The van der Waals surface area contributed by atoms with Crippen LogP contribution in [-0.4, -0.2) is 26.9 Å². The van der Waals surface area contributed by atoms with Crippen LogP contribution in [-0.2, 0) is 9.47 Å². The zero-order valence-corrected chi connectivity index (χ0v) is 6.09. The molecule has 0 heterocycles. The van der Waals surface area contributed by atoms with Crippen LogP contribution < -0.4 is 0 Å². The SMILES string of the molecule is COCC1CC(OC)C1. The van der Waals surface area contributed by atoms with Gasteiger partial charge in [0.25, 0.3) is 0 Å². The van der Waals surface area contributed by atoms with Crippen LogP contribution >= 0.6 is 0 Å². The van der Waals surface area contributed by atoms with Gasteiger partial charge in [-0.2, -0.15) is 0 Å². The molecule has 0 aliphatic heterocycles. The molecule has 0 aromatic heterocycles. The molecule has 0 aromatic rings. The third kappa shape index (κ3) is 1.66. The van der Waals surface area contributed by atoms with E-state index in [2.05, 4.69) is 0 Å². The van der Waals surface area contributed by atoms with Crippen LogP contribution in [0.4, 0.5) is 0 Å². The van der Waals surface area contributed by atoms with E-state index in [1.54, 1.807) is 14.2 Å². The summed E-state index contributed by atoms with van der Waals surface area (Å²) in [5, 5.41) is 0. The highest BCUT2D eigenvalue weighted by Gasteiger charge is 2.28. The summed E-state index contributed by atoms with van der Waals surface area (Å²) < 4.78 is 10.1. The van der Waals surface area contributed by atoms with Gasteiger partial charge in [0.2, 0.25) is 0 Å². The highest BCUT2D eigenvalue weighted by molar-refractivity contribution is 4.79. The lowest BCUT2D eigenvalue weighted by Gasteiger charge is -2.33. The molecular formula is C7H14O2. The summed E-state index contributed by atoms with van der Waals surface area (Å²) in [5.41, 5.74) is 0. The average Bonchev–Trinajstić information content (AvgIpc) is 1.77. The molecule has 0 aromatic carbocycles. The van der Waals surface area contributed by atoms with Crippen LogP contribution in [0, 0.1) is 5.92 Å². The number of methoxy groups -OCH3 is 2. The minimum absolute atomic E-state index is 0.519. The fourth-order valence-electron chi connectivity index (χ4n) is 1.24. The average molecular weight is 130 g/mol. The van der Waals surface area contributed by atoms with E-state index in [1.807, 2.05) is 0 Å². The Kier molecular flexibility index (Phi) is 2.49. The number of hydrogen-bond acceptors (Lipinski definition) is 2. The molecule has 2 nitrogen and oxygen atoms in total. The van der Waals surface area contributed by atoms with E-state index < -0.39 is 0 Å². The summed E-state index contributed by atoms with van der Waals surface area (Å²) in [6, 6.07) is 0. The van der Waals surface area contributed by atoms with Crippen LogP contribution in [0.2, 0.25) is 0 Å². The molecule has 2 heteroatoms. The maximum atomic E-state index is 5.11. The lowest BCUT2D eigenvalue weighted by Crippen LogP contribution is -2.32. The van der Waals surface area contributed by atoms with Crippen LogP contribution in [0.5, 0.6) is 0 Å². The van der Waals surface area contributed by atoms with Gasteiger partial charge in [-0.15, -0.1) is 0 Å². The maximum absolute atomic E-state index is 5.11. The van der Waals surface area contributed by atoms with E-state index in [0.29, 0.717) is 6.10 Å². The highest BCUT2D eigenvalue weighted by atomic mass is 16.5. The number of rotatable bonds is 3. The third-order valence-electron chi connectivity index (χ3n) is 1.93. The van der Waals surface area contributed by atoms with Gasteiger partial charge in [-0.1, -0.05) is 0 Å². The van der Waals surface area contributed by atoms with Crippen molar-refractivity contribution in [2.75, 3.05) is 20.8 Å². The van der Waals surface area contributed by atoms with Crippen molar-refractivity contribution in [3.63, 3.8) is 0 Å². The first-order valence-electron chi connectivity index (χ1n) is 3.38. The second-order valence-corrected chi connectivity index (χ2v) is 2.65. The normalized spacial score (nSPS) is 34.0. The molecule has 0 atom stereocenters. The van der Waals surface area contributed by atoms with E-state index in [9.17, 15) is 0 Å². The minimum Gasteiger partial charge on any atom is -0.384 e. The van der Waals surface area contributed by atoms with Crippen LogP contribution in [0.1, 0.15) is 12.8 Å². The molecule has 1 saturated carbocycles. The summed E-state index contributed by atoms with van der Waals surface area (Å²) in [6.07, 6.45) is 2.89. The van der Waals surface area contributed by atoms with Crippen molar-refractivity contribution in [1.82, 2.24) is 0 Å². The molecule has 0 amide bonds. The Hall–Kier alpha value is -0.0800. The molecule has 0 bridgehead atoms. The molecule has 0 saturated heterocycles. The second-order valence-electron chi connectivity index (χ2n) is 2.65. The summed E-state index contributed by atoms with van der Waals surface area (Å²) in [4.78, 5) is 0. The van der Waals surface area contributed by atoms with Crippen LogP contribution in [0.3, 0.4) is 0 Å². The first kappa shape index (κ1) is 7.03.